The summed E-state index contributed by atoms with van der Waals surface area (Å²) in [5, 5.41) is 0.401. The molecular weight excluding hydrogens is 214 g/mol. The molecule has 0 bridgehead atoms. The summed E-state index contributed by atoms with van der Waals surface area (Å²) in [6.07, 6.45) is 0. The van der Waals surface area contributed by atoms with Crippen LogP contribution in [-0.2, 0) is 0 Å². The van der Waals surface area contributed by atoms with Gasteiger partial charge in [-0.2, -0.15) is 0 Å². The van der Waals surface area contributed by atoms with E-state index in [2.05, 4.69) is 6.58 Å². The van der Waals surface area contributed by atoms with Gasteiger partial charge in [-0.25, -0.2) is 4.39 Å². The molecule has 1 nitrogen and oxygen atoms in total. The monoisotopic (exact) mass is 220 g/mol. The summed E-state index contributed by atoms with van der Waals surface area (Å²) in [7, 11) is 0. The van der Waals surface area contributed by atoms with Gasteiger partial charge in [0.15, 0.2) is 0 Å². The minimum absolute atomic E-state index is 0.0256. The average Bonchev–Trinajstić information content (AvgIpc) is 2.07. The highest BCUT2D eigenvalue weighted by Crippen LogP contribution is 2.21. The first kappa shape index (κ1) is 10.4. The van der Waals surface area contributed by atoms with Crippen LogP contribution in [-0.4, -0.2) is 6.61 Å². The Balaban J connectivity index is 2.68. The van der Waals surface area contributed by atoms with Gasteiger partial charge in [-0.15, -0.1) is 0 Å². The molecule has 0 aliphatic heterocycles. The zero-order valence-electron chi connectivity index (χ0n) is 6.69. The topological polar surface area (TPSA) is 9.23 Å². The molecule has 0 aliphatic rings. The molecule has 0 unspecified atom stereocenters. The van der Waals surface area contributed by atoms with Gasteiger partial charge >= 0.3 is 0 Å². The molecule has 4 heteroatoms. The van der Waals surface area contributed by atoms with Crippen molar-refractivity contribution in [1.82, 2.24) is 0 Å². The lowest BCUT2D eigenvalue weighted by atomic mass is 10.3. The van der Waals surface area contributed by atoms with Crippen LogP contribution in [0.3, 0.4) is 0 Å². The van der Waals surface area contributed by atoms with E-state index in [0.29, 0.717) is 10.8 Å². The molecule has 70 valence electrons. The van der Waals surface area contributed by atoms with Crippen LogP contribution in [0, 0.1) is 5.82 Å². The summed E-state index contributed by atoms with van der Waals surface area (Å²) in [5.74, 6) is -0.00748. The molecule has 0 spiro atoms. The maximum absolute atomic E-state index is 12.7. The maximum atomic E-state index is 12.7. The number of hydrogen-bond donors (Lipinski definition) is 0. The van der Waals surface area contributed by atoms with E-state index in [1.165, 1.54) is 18.2 Å². The second-order valence-corrected chi connectivity index (χ2v) is 3.32. The molecule has 1 rings (SSSR count). The van der Waals surface area contributed by atoms with Gasteiger partial charge in [0.05, 0.1) is 5.02 Å². The summed E-state index contributed by atoms with van der Waals surface area (Å²) < 4.78 is 17.8. The van der Waals surface area contributed by atoms with Crippen molar-refractivity contribution in [3.05, 3.63) is 40.7 Å². The third kappa shape index (κ3) is 3.25. The lowest BCUT2D eigenvalue weighted by molar-refractivity contribution is 0.359. The van der Waals surface area contributed by atoms with Gasteiger partial charge in [0, 0.05) is 11.1 Å². The van der Waals surface area contributed by atoms with Crippen LogP contribution in [0.1, 0.15) is 0 Å². The number of benzene rings is 1. The van der Waals surface area contributed by atoms with E-state index < -0.39 is 5.82 Å². The van der Waals surface area contributed by atoms with E-state index >= 15 is 0 Å². The van der Waals surface area contributed by atoms with Crippen molar-refractivity contribution in [2.45, 2.75) is 0 Å². The third-order valence-electron chi connectivity index (χ3n) is 1.29. The van der Waals surface area contributed by atoms with E-state index in [9.17, 15) is 4.39 Å². The Morgan fingerprint density at radius 1 is 1.54 bits per heavy atom. The molecule has 0 saturated heterocycles. The Morgan fingerprint density at radius 2 is 2.23 bits per heavy atom. The Bertz CT molecular complexity index is 325. The highest BCUT2D eigenvalue weighted by molar-refractivity contribution is 6.30. The van der Waals surface area contributed by atoms with Crippen molar-refractivity contribution in [2.75, 3.05) is 6.61 Å². The van der Waals surface area contributed by atoms with Gasteiger partial charge in [-0.05, 0) is 12.1 Å². The zero-order valence-corrected chi connectivity index (χ0v) is 8.20. The van der Waals surface area contributed by atoms with Gasteiger partial charge < -0.3 is 4.74 Å². The van der Waals surface area contributed by atoms with Crippen LogP contribution < -0.4 is 4.74 Å². The molecular formula is C9H7Cl2FO. The van der Waals surface area contributed by atoms with E-state index in [1.807, 2.05) is 0 Å². The fourth-order valence-corrected chi connectivity index (χ4v) is 0.953. The Hall–Kier alpha value is -0.730. The van der Waals surface area contributed by atoms with Crippen molar-refractivity contribution in [3.8, 4) is 5.75 Å². The molecule has 0 atom stereocenters. The van der Waals surface area contributed by atoms with Crippen LogP contribution in [0.2, 0.25) is 5.02 Å². The summed E-state index contributed by atoms with van der Waals surface area (Å²) >= 11 is 11.0. The van der Waals surface area contributed by atoms with E-state index in [0.717, 1.165) is 0 Å². The van der Waals surface area contributed by atoms with Crippen LogP contribution in [0.25, 0.3) is 0 Å². The van der Waals surface area contributed by atoms with Crippen molar-refractivity contribution in [1.29, 1.82) is 0 Å². The molecule has 0 heterocycles. The van der Waals surface area contributed by atoms with Crippen molar-refractivity contribution < 1.29 is 9.13 Å². The van der Waals surface area contributed by atoms with Gasteiger partial charge in [0.2, 0.25) is 0 Å². The number of ether oxygens (including phenoxy) is 1. The minimum atomic E-state index is -0.473. The predicted octanol–water partition coefficient (Wildman–Crippen LogP) is 3.61. The summed E-state index contributed by atoms with van der Waals surface area (Å²) in [5.41, 5.74) is 0. The van der Waals surface area contributed by atoms with E-state index in [4.69, 9.17) is 27.9 Å². The smallest absolute Gasteiger partial charge is 0.142 e. The first-order valence-corrected chi connectivity index (χ1v) is 4.26. The predicted molar refractivity (Wildman–Crippen MR) is 51.9 cm³/mol. The molecule has 0 aromatic heterocycles. The van der Waals surface area contributed by atoms with Crippen LogP contribution >= 0.6 is 23.2 Å². The summed E-state index contributed by atoms with van der Waals surface area (Å²) in [6.45, 7) is 3.63. The molecule has 0 saturated carbocycles. The maximum Gasteiger partial charge on any atom is 0.142 e. The van der Waals surface area contributed by atoms with Gasteiger partial charge in [0.25, 0.3) is 0 Å². The number of hydrogen-bond acceptors (Lipinski definition) is 1. The van der Waals surface area contributed by atoms with Crippen molar-refractivity contribution in [3.63, 3.8) is 0 Å². The number of rotatable bonds is 3. The second kappa shape index (κ2) is 4.49. The zero-order chi connectivity index (χ0) is 9.84. The fraction of sp³-hybridized carbons (Fsp3) is 0.111. The van der Waals surface area contributed by atoms with Gasteiger partial charge in [0.1, 0.15) is 18.2 Å². The molecule has 0 amide bonds. The van der Waals surface area contributed by atoms with Gasteiger partial charge in [-0.3, -0.25) is 0 Å². The molecule has 0 N–H and O–H groups in total. The van der Waals surface area contributed by atoms with Crippen LogP contribution in [0.5, 0.6) is 5.75 Å². The fourth-order valence-electron chi connectivity index (χ4n) is 0.728. The molecule has 1 aromatic carbocycles. The lowest BCUT2D eigenvalue weighted by Crippen LogP contribution is -1.96. The highest BCUT2D eigenvalue weighted by Gasteiger charge is 2.01. The van der Waals surface area contributed by atoms with Crippen molar-refractivity contribution in [2.24, 2.45) is 0 Å². The quantitative estimate of drug-likeness (QED) is 0.757. The van der Waals surface area contributed by atoms with Crippen LogP contribution in [0.4, 0.5) is 4.39 Å². The Kier molecular flexibility index (Phi) is 3.58. The van der Waals surface area contributed by atoms with Crippen molar-refractivity contribution >= 4 is 23.2 Å². The standard InChI is InChI=1S/C9H7Cl2FO/c1-6(10)5-13-7-2-3-9(12)8(11)4-7/h2-4H,1,5H2. The summed E-state index contributed by atoms with van der Waals surface area (Å²) in [6, 6.07) is 4.09. The molecule has 13 heavy (non-hydrogen) atoms. The van der Waals surface area contributed by atoms with Crippen LogP contribution in [0.15, 0.2) is 29.8 Å². The Morgan fingerprint density at radius 3 is 2.77 bits per heavy atom. The molecule has 0 aliphatic carbocycles. The molecule has 1 aromatic rings. The lowest BCUT2D eigenvalue weighted by Gasteiger charge is -2.04. The number of halogens is 3. The normalized spacial score (nSPS) is 9.77. The van der Waals surface area contributed by atoms with Gasteiger partial charge in [-0.1, -0.05) is 29.8 Å². The Labute approximate surface area is 85.7 Å². The highest BCUT2D eigenvalue weighted by atomic mass is 35.5. The second-order valence-electron chi connectivity index (χ2n) is 2.38. The molecule has 0 fully saturated rings. The average molecular weight is 221 g/mol. The first-order chi connectivity index (χ1) is 6.09. The van der Waals surface area contributed by atoms with E-state index in [1.54, 1.807) is 0 Å². The molecule has 0 radical (unpaired) electrons. The minimum Gasteiger partial charge on any atom is -0.488 e. The summed E-state index contributed by atoms with van der Waals surface area (Å²) in [4.78, 5) is 0. The first-order valence-electron chi connectivity index (χ1n) is 3.50. The SMILES string of the molecule is C=C(Cl)COc1ccc(F)c(Cl)c1. The van der Waals surface area contributed by atoms with E-state index in [-0.39, 0.29) is 11.6 Å². The third-order valence-corrected chi connectivity index (χ3v) is 1.69. The largest absolute Gasteiger partial charge is 0.488 e.